The van der Waals surface area contributed by atoms with Crippen molar-refractivity contribution in [3.8, 4) is 21.3 Å². The lowest BCUT2D eigenvalue weighted by Gasteiger charge is -1.97. The first-order chi connectivity index (χ1) is 10.1. The van der Waals surface area contributed by atoms with Crippen LogP contribution >= 0.6 is 22.7 Å². The third kappa shape index (κ3) is 3.06. The maximum atomic E-state index is 10.9. The van der Waals surface area contributed by atoms with Gasteiger partial charge in [-0.15, -0.1) is 22.7 Å². The van der Waals surface area contributed by atoms with E-state index in [1.807, 2.05) is 30.5 Å². The highest BCUT2D eigenvalue weighted by Gasteiger charge is 2.15. The second-order valence-electron chi connectivity index (χ2n) is 4.58. The van der Waals surface area contributed by atoms with Crippen LogP contribution in [0.2, 0.25) is 0 Å². The van der Waals surface area contributed by atoms with E-state index in [-0.39, 0.29) is 5.91 Å². The first-order valence-corrected chi connectivity index (χ1v) is 8.18. The molecule has 1 amide bonds. The van der Waals surface area contributed by atoms with Crippen LogP contribution in [0.1, 0.15) is 17.6 Å². The van der Waals surface area contributed by atoms with E-state index < -0.39 is 0 Å². The smallest absolute Gasteiger partial charge is 0.217 e. The minimum atomic E-state index is -0.0715. The third-order valence-corrected chi connectivity index (χ3v) is 4.95. The first-order valence-electron chi connectivity index (χ1n) is 6.48. The van der Waals surface area contributed by atoms with E-state index in [1.54, 1.807) is 22.7 Å². The SMILES string of the molecule is CC(=O)NCc1ccc(-c2nc(-c3cccs3)sc2C)o1. The number of amides is 1. The summed E-state index contributed by atoms with van der Waals surface area (Å²) in [7, 11) is 0. The van der Waals surface area contributed by atoms with Gasteiger partial charge in [0.2, 0.25) is 5.91 Å². The summed E-state index contributed by atoms with van der Waals surface area (Å²) in [6.45, 7) is 3.93. The number of thiazole rings is 1. The Balaban J connectivity index is 1.85. The summed E-state index contributed by atoms with van der Waals surface area (Å²) in [6, 6.07) is 7.86. The summed E-state index contributed by atoms with van der Waals surface area (Å²) in [6.07, 6.45) is 0. The Morgan fingerprint density at radius 3 is 2.95 bits per heavy atom. The van der Waals surface area contributed by atoms with Crippen LogP contribution in [-0.4, -0.2) is 10.9 Å². The third-order valence-electron chi connectivity index (χ3n) is 2.94. The average molecular weight is 318 g/mol. The van der Waals surface area contributed by atoms with E-state index in [4.69, 9.17) is 4.42 Å². The summed E-state index contributed by atoms with van der Waals surface area (Å²) in [5, 5.41) is 5.78. The van der Waals surface area contributed by atoms with E-state index in [2.05, 4.69) is 16.4 Å². The molecule has 21 heavy (non-hydrogen) atoms. The van der Waals surface area contributed by atoms with E-state index in [1.165, 1.54) is 11.8 Å². The Morgan fingerprint density at radius 1 is 1.38 bits per heavy atom. The predicted octanol–water partition coefficient (Wildman–Crippen LogP) is 4.08. The molecule has 0 saturated heterocycles. The number of aryl methyl sites for hydroxylation is 1. The van der Waals surface area contributed by atoms with Gasteiger partial charge >= 0.3 is 0 Å². The van der Waals surface area contributed by atoms with Crippen molar-refractivity contribution in [2.45, 2.75) is 20.4 Å². The fraction of sp³-hybridized carbons (Fsp3) is 0.200. The summed E-state index contributed by atoms with van der Waals surface area (Å²) in [5.41, 5.74) is 0.873. The molecule has 0 radical (unpaired) electrons. The van der Waals surface area contributed by atoms with Crippen LogP contribution in [0.25, 0.3) is 21.3 Å². The highest BCUT2D eigenvalue weighted by Crippen LogP contribution is 2.35. The quantitative estimate of drug-likeness (QED) is 0.788. The maximum absolute atomic E-state index is 10.9. The minimum Gasteiger partial charge on any atom is -0.458 e. The van der Waals surface area contributed by atoms with E-state index in [9.17, 15) is 4.79 Å². The van der Waals surface area contributed by atoms with Gasteiger partial charge in [-0.25, -0.2) is 4.98 Å². The van der Waals surface area contributed by atoms with Crippen LogP contribution in [0, 0.1) is 6.92 Å². The van der Waals surface area contributed by atoms with Crippen molar-refractivity contribution in [2.24, 2.45) is 0 Å². The fourth-order valence-corrected chi connectivity index (χ4v) is 3.66. The lowest BCUT2D eigenvalue weighted by Crippen LogP contribution is -2.18. The van der Waals surface area contributed by atoms with Crippen LogP contribution in [0.15, 0.2) is 34.1 Å². The summed E-state index contributed by atoms with van der Waals surface area (Å²) >= 11 is 3.34. The number of rotatable bonds is 4. The molecular weight excluding hydrogens is 304 g/mol. The molecule has 108 valence electrons. The molecule has 4 nitrogen and oxygen atoms in total. The fourth-order valence-electron chi connectivity index (χ4n) is 1.94. The molecule has 0 aliphatic rings. The van der Waals surface area contributed by atoms with Gasteiger partial charge in [0.15, 0.2) is 5.76 Å². The monoisotopic (exact) mass is 318 g/mol. The highest BCUT2D eigenvalue weighted by atomic mass is 32.1. The first kappa shape index (κ1) is 14.0. The van der Waals surface area contributed by atoms with Gasteiger partial charge in [-0.2, -0.15) is 0 Å². The molecule has 6 heteroatoms. The molecule has 1 N–H and O–H groups in total. The number of hydrogen-bond donors (Lipinski definition) is 1. The predicted molar refractivity (Wildman–Crippen MR) is 85.4 cm³/mol. The molecule has 0 bridgehead atoms. The van der Waals surface area contributed by atoms with Crippen LogP contribution in [0.5, 0.6) is 0 Å². The lowest BCUT2D eigenvalue weighted by molar-refractivity contribution is -0.119. The van der Waals surface area contributed by atoms with Gasteiger partial charge in [0.1, 0.15) is 16.5 Å². The van der Waals surface area contributed by atoms with Crippen molar-refractivity contribution in [3.05, 3.63) is 40.3 Å². The molecule has 3 aromatic heterocycles. The minimum absolute atomic E-state index is 0.0715. The van der Waals surface area contributed by atoms with E-state index in [0.29, 0.717) is 6.54 Å². The zero-order valence-electron chi connectivity index (χ0n) is 11.7. The van der Waals surface area contributed by atoms with Gasteiger partial charge < -0.3 is 9.73 Å². The molecule has 0 atom stereocenters. The van der Waals surface area contributed by atoms with Gasteiger partial charge in [-0.3, -0.25) is 4.79 Å². The largest absolute Gasteiger partial charge is 0.458 e. The second-order valence-corrected chi connectivity index (χ2v) is 6.73. The number of carbonyl (C=O) groups excluding carboxylic acids is 1. The van der Waals surface area contributed by atoms with Gasteiger partial charge in [-0.05, 0) is 30.5 Å². The summed E-state index contributed by atoms with van der Waals surface area (Å²) in [4.78, 5) is 17.9. The molecule has 0 aromatic carbocycles. The number of thiophene rings is 1. The highest BCUT2D eigenvalue weighted by molar-refractivity contribution is 7.21. The number of carbonyl (C=O) groups is 1. The summed E-state index contributed by atoms with van der Waals surface area (Å²) < 4.78 is 5.76. The molecule has 0 saturated carbocycles. The van der Waals surface area contributed by atoms with Gasteiger partial charge in [0, 0.05) is 11.8 Å². The van der Waals surface area contributed by atoms with Crippen molar-refractivity contribution in [2.75, 3.05) is 0 Å². The van der Waals surface area contributed by atoms with Crippen LogP contribution < -0.4 is 5.32 Å². The number of furan rings is 1. The Labute approximate surface area is 130 Å². The van der Waals surface area contributed by atoms with Gasteiger partial charge in [0.25, 0.3) is 0 Å². The zero-order valence-corrected chi connectivity index (χ0v) is 13.3. The number of nitrogens with one attached hydrogen (secondary N) is 1. The molecule has 3 aromatic rings. The van der Waals surface area contributed by atoms with Crippen molar-refractivity contribution in [1.29, 1.82) is 0 Å². The normalized spacial score (nSPS) is 10.8. The average Bonchev–Trinajstić information content (AvgIpc) is 3.16. The van der Waals surface area contributed by atoms with Gasteiger partial charge in [-0.1, -0.05) is 6.07 Å². The molecule has 3 rings (SSSR count). The number of aromatic nitrogens is 1. The topological polar surface area (TPSA) is 55.1 Å². The number of hydrogen-bond acceptors (Lipinski definition) is 5. The Kier molecular flexibility index (Phi) is 3.90. The number of nitrogens with zero attached hydrogens (tertiary/aromatic N) is 1. The molecule has 0 spiro atoms. The molecule has 0 fully saturated rings. The lowest BCUT2D eigenvalue weighted by atomic mass is 10.3. The second kappa shape index (κ2) is 5.83. The Morgan fingerprint density at radius 2 is 2.24 bits per heavy atom. The van der Waals surface area contributed by atoms with Crippen molar-refractivity contribution in [3.63, 3.8) is 0 Å². The van der Waals surface area contributed by atoms with Crippen LogP contribution in [-0.2, 0) is 11.3 Å². The van der Waals surface area contributed by atoms with Crippen LogP contribution in [0.4, 0.5) is 0 Å². The standard InChI is InChI=1S/C15H14N2O2S2/c1-9-14(17-15(21-9)13-4-3-7-20-13)12-6-5-11(19-12)8-16-10(2)18/h3-7H,8H2,1-2H3,(H,16,18). The van der Waals surface area contributed by atoms with Crippen molar-refractivity contribution in [1.82, 2.24) is 10.3 Å². The molecular formula is C15H14N2O2S2. The summed E-state index contributed by atoms with van der Waals surface area (Å²) in [5.74, 6) is 1.40. The molecule has 0 unspecified atom stereocenters. The van der Waals surface area contributed by atoms with Gasteiger partial charge in [0.05, 0.1) is 11.4 Å². The van der Waals surface area contributed by atoms with Crippen LogP contribution in [0.3, 0.4) is 0 Å². The van der Waals surface area contributed by atoms with E-state index in [0.717, 1.165) is 27.1 Å². The Bertz CT molecular complexity index is 757. The van der Waals surface area contributed by atoms with E-state index >= 15 is 0 Å². The zero-order chi connectivity index (χ0) is 14.8. The molecule has 0 aliphatic heterocycles. The molecule has 3 heterocycles. The molecule has 0 aliphatic carbocycles. The maximum Gasteiger partial charge on any atom is 0.217 e. The Hall–Kier alpha value is -1.92. The van der Waals surface area contributed by atoms with Crippen molar-refractivity contribution >= 4 is 28.6 Å². The van der Waals surface area contributed by atoms with Crippen molar-refractivity contribution < 1.29 is 9.21 Å².